The molecule has 1 heterocycles. The molecule has 0 saturated carbocycles. The maximum Gasteiger partial charge on any atom is 0.0237 e. The predicted molar refractivity (Wildman–Crippen MR) is 128 cm³/mol. The molecule has 0 aliphatic carbocycles. The van der Waals surface area contributed by atoms with Gasteiger partial charge >= 0.3 is 0 Å². The highest BCUT2D eigenvalue weighted by molar-refractivity contribution is 5.82. The minimum absolute atomic E-state index is 0.221. The molecule has 3 aromatic rings. The molecule has 0 aromatic heterocycles. The lowest BCUT2D eigenvalue weighted by atomic mass is 9.76. The lowest BCUT2D eigenvalue weighted by Crippen LogP contribution is -2.47. The minimum atomic E-state index is 0.221. The van der Waals surface area contributed by atoms with Crippen LogP contribution in [0.5, 0.6) is 0 Å². The third kappa shape index (κ3) is 4.74. The molecule has 1 unspecified atom stereocenters. The van der Waals surface area contributed by atoms with Gasteiger partial charge in [-0.15, -0.1) is 0 Å². The molecule has 154 valence electrons. The summed E-state index contributed by atoms with van der Waals surface area (Å²) in [4.78, 5) is 2.70. The van der Waals surface area contributed by atoms with Gasteiger partial charge in [-0.2, -0.15) is 0 Å². The van der Waals surface area contributed by atoms with Gasteiger partial charge in [0.15, 0.2) is 0 Å². The first kappa shape index (κ1) is 20.6. The van der Waals surface area contributed by atoms with Gasteiger partial charge < -0.3 is 0 Å². The Morgan fingerprint density at radius 1 is 0.767 bits per heavy atom. The van der Waals surface area contributed by atoms with Crippen LogP contribution in [-0.2, 0) is 6.54 Å². The summed E-state index contributed by atoms with van der Waals surface area (Å²) >= 11 is 0. The number of hydrogen-bond acceptors (Lipinski definition) is 1. The summed E-state index contributed by atoms with van der Waals surface area (Å²) in [6.07, 6.45) is 2.24. The second-order valence-corrected chi connectivity index (χ2v) is 9.50. The summed E-state index contributed by atoms with van der Waals surface area (Å²) in [6.45, 7) is 9.31. The maximum absolute atomic E-state index is 2.70. The Hall–Kier alpha value is -2.64. The van der Waals surface area contributed by atoms with Crippen molar-refractivity contribution in [3.8, 4) is 0 Å². The van der Waals surface area contributed by atoms with E-state index in [1.807, 2.05) is 0 Å². The van der Waals surface area contributed by atoms with E-state index in [1.165, 1.54) is 22.3 Å². The molecule has 0 amide bonds. The lowest BCUT2D eigenvalue weighted by Gasteiger charge is -2.45. The predicted octanol–water partition coefficient (Wildman–Crippen LogP) is 7.20. The van der Waals surface area contributed by atoms with E-state index in [1.54, 1.807) is 5.57 Å². The Morgan fingerprint density at radius 3 is 1.77 bits per heavy atom. The van der Waals surface area contributed by atoms with Crippen LogP contribution in [0.3, 0.4) is 0 Å². The number of benzene rings is 3. The zero-order valence-electron chi connectivity index (χ0n) is 18.5. The standard InChI is InChI=1S/C29H33N/c1-29(2,3)27-21-26(19-20-30(27)22-23-13-7-4-8-14-23)28(24-15-9-5-10-16-24)25-17-11-6-12-18-25/h4-18,27H,19-22H2,1-3H3. The lowest BCUT2D eigenvalue weighted by molar-refractivity contribution is 0.0760. The van der Waals surface area contributed by atoms with E-state index in [0.717, 1.165) is 25.9 Å². The molecular weight excluding hydrogens is 362 g/mol. The number of likely N-dealkylation sites (tertiary alicyclic amines) is 1. The molecule has 1 nitrogen and oxygen atoms in total. The maximum atomic E-state index is 2.70. The van der Waals surface area contributed by atoms with Crippen molar-refractivity contribution in [1.82, 2.24) is 4.90 Å². The van der Waals surface area contributed by atoms with Crippen LogP contribution in [0.2, 0.25) is 0 Å². The number of nitrogens with zero attached hydrogens (tertiary/aromatic N) is 1. The third-order valence-electron chi connectivity index (χ3n) is 6.29. The Bertz CT molecular complexity index is 924. The largest absolute Gasteiger partial charge is 0.295 e. The average Bonchev–Trinajstić information content (AvgIpc) is 2.76. The number of piperidine rings is 1. The van der Waals surface area contributed by atoms with E-state index >= 15 is 0 Å². The van der Waals surface area contributed by atoms with Crippen molar-refractivity contribution in [2.24, 2.45) is 5.41 Å². The Labute approximate surface area is 182 Å². The molecule has 0 spiro atoms. The molecule has 1 fully saturated rings. The van der Waals surface area contributed by atoms with Gasteiger partial charge in [0.2, 0.25) is 0 Å². The Balaban J connectivity index is 1.72. The van der Waals surface area contributed by atoms with E-state index in [2.05, 4.69) is 117 Å². The van der Waals surface area contributed by atoms with Crippen molar-refractivity contribution in [2.45, 2.75) is 46.2 Å². The normalized spacial score (nSPS) is 17.7. The SMILES string of the molecule is CC(C)(C)C1CC(=C(c2ccccc2)c2ccccc2)CCN1Cc1ccccc1. The van der Waals surface area contributed by atoms with Gasteiger partial charge in [0.25, 0.3) is 0 Å². The van der Waals surface area contributed by atoms with E-state index in [-0.39, 0.29) is 5.41 Å². The third-order valence-corrected chi connectivity index (χ3v) is 6.29. The summed E-state index contributed by atoms with van der Waals surface area (Å²) < 4.78 is 0. The van der Waals surface area contributed by atoms with Crippen LogP contribution < -0.4 is 0 Å². The van der Waals surface area contributed by atoms with Crippen LogP contribution in [0, 0.1) is 5.41 Å². The molecule has 0 radical (unpaired) electrons. The molecule has 0 N–H and O–H groups in total. The van der Waals surface area contributed by atoms with Gasteiger partial charge in [0, 0.05) is 19.1 Å². The monoisotopic (exact) mass is 395 g/mol. The molecule has 1 heteroatoms. The number of hydrogen-bond donors (Lipinski definition) is 0. The van der Waals surface area contributed by atoms with Crippen molar-refractivity contribution in [2.75, 3.05) is 6.54 Å². The first-order chi connectivity index (χ1) is 14.5. The summed E-state index contributed by atoms with van der Waals surface area (Å²) in [5.74, 6) is 0. The van der Waals surface area contributed by atoms with Crippen molar-refractivity contribution in [1.29, 1.82) is 0 Å². The molecule has 3 aromatic carbocycles. The fourth-order valence-electron chi connectivity index (χ4n) is 4.77. The smallest absolute Gasteiger partial charge is 0.0237 e. The fourth-order valence-corrected chi connectivity index (χ4v) is 4.77. The van der Waals surface area contributed by atoms with Crippen LogP contribution in [0.15, 0.2) is 96.6 Å². The second kappa shape index (κ2) is 9.02. The summed E-state index contributed by atoms with van der Waals surface area (Å²) in [7, 11) is 0. The van der Waals surface area contributed by atoms with E-state index in [9.17, 15) is 0 Å². The molecule has 1 aliphatic rings. The topological polar surface area (TPSA) is 3.24 Å². The Morgan fingerprint density at radius 2 is 1.27 bits per heavy atom. The fraction of sp³-hybridized carbons (Fsp3) is 0.310. The van der Waals surface area contributed by atoms with Gasteiger partial charge in [-0.25, -0.2) is 0 Å². The van der Waals surface area contributed by atoms with E-state index in [4.69, 9.17) is 0 Å². The van der Waals surface area contributed by atoms with Gasteiger partial charge in [0.1, 0.15) is 0 Å². The molecule has 1 aliphatic heterocycles. The minimum Gasteiger partial charge on any atom is -0.295 e. The zero-order chi connectivity index (χ0) is 21.0. The van der Waals surface area contributed by atoms with E-state index in [0.29, 0.717) is 6.04 Å². The van der Waals surface area contributed by atoms with Crippen molar-refractivity contribution < 1.29 is 0 Å². The highest BCUT2D eigenvalue weighted by atomic mass is 15.2. The molecule has 1 saturated heterocycles. The van der Waals surface area contributed by atoms with Gasteiger partial charge in [-0.1, -0.05) is 117 Å². The molecule has 4 rings (SSSR count). The van der Waals surface area contributed by atoms with Gasteiger partial charge in [-0.3, -0.25) is 4.90 Å². The van der Waals surface area contributed by atoms with Crippen LogP contribution in [0.1, 0.15) is 50.3 Å². The molecule has 1 atom stereocenters. The summed E-state index contributed by atoms with van der Waals surface area (Å²) in [5.41, 5.74) is 7.33. The second-order valence-electron chi connectivity index (χ2n) is 9.50. The van der Waals surface area contributed by atoms with Crippen LogP contribution in [-0.4, -0.2) is 17.5 Å². The highest BCUT2D eigenvalue weighted by Gasteiger charge is 2.35. The van der Waals surface area contributed by atoms with Crippen LogP contribution in [0.4, 0.5) is 0 Å². The van der Waals surface area contributed by atoms with Gasteiger partial charge in [0.05, 0.1) is 0 Å². The summed E-state index contributed by atoms with van der Waals surface area (Å²) in [6, 6.07) is 33.3. The quantitative estimate of drug-likeness (QED) is 0.451. The average molecular weight is 396 g/mol. The zero-order valence-corrected chi connectivity index (χ0v) is 18.5. The number of rotatable bonds is 4. The first-order valence-corrected chi connectivity index (χ1v) is 11.1. The first-order valence-electron chi connectivity index (χ1n) is 11.1. The summed E-state index contributed by atoms with van der Waals surface area (Å²) in [5, 5.41) is 0. The van der Waals surface area contributed by atoms with Crippen molar-refractivity contribution in [3.05, 3.63) is 113 Å². The highest BCUT2D eigenvalue weighted by Crippen LogP contribution is 2.40. The van der Waals surface area contributed by atoms with Crippen LogP contribution >= 0.6 is 0 Å². The van der Waals surface area contributed by atoms with Crippen LogP contribution in [0.25, 0.3) is 5.57 Å². The molecule has 30 heavy (non-hydrogen) atoms. The van der Waals surface area contributed by atoms with Crippen molar-refractivity contribution in [3.63, 3.8) is 0 Å². The molecule has 0 bridgehead atoms. The van der Waals surface area contributed by atoms with E-state index < -0.39 is 0 Å². The van der Waals surface area contributed by atoms with Gasteiger partial charge in [-0.05, 0) is 40.5 Å². The Kier molecular flexibility index (Phi) is 6.20. The van der Waals surface area contributed by atoms with Crippen molar-refractivity contribution >= 4 is 5.57 Å². The molecular formula is C29H33N.